The van der Waals surface area contributed by atoms with Crippen molar-refractivity contribution in [1.82, 2.24) is 5.06 Å². The second kappa shape index (κ2) is 22.3. The third-order valence-corrected chi connectivity index (χ3v) is 14.6. The fraction of sp³-hybridized carbons (Fsp3) is 0.378. The summed E-state index contributed by atoms with van der Waals surface area (Å²) in [5, 5.41) is 25.8. The maximum atomic E-state index is 12.6. The van der Waals surface area contributed by atoms with Crippen LogP contribution in [0.25, 0.3) is 5.57 Å². The Morgan fingerprint density at radius 2 is 1.59 bits per heavy atom. The summed E-state index contributed by atoms with van der Waals surface area (Å²) >= 11 is 1.72. The smallest absolute Gasteiger partial charge is 0.333 e. The molecule has 0 atom stereocenters. The largest absolute Gasteiger partial charge is 0.343 e. The number of anilines is 1. The fourth-order valence-electron chi connectivity index (χ4n) is 8.63. The molecule has 3 aliphatic rings. The lowest BCUT2D eigenvalue weighted by atomic mass is 9.81. The number of unbranched alkanes of at least 4 members (excludes halogenated alkanes) is 1. The van der Waals surface area contributed by atoms with E-state index >= 15 is 0 Å². The van der Waals surface area contributed by atoms with Gasteiger partial charge in [0.15, 0.2) is 5.71 Å². The summed E-state index contributed by atoms with van der Waals surface area (Å²) in [4.78, 5) is 44.1. The minimum Gasteiger partial charge on any atom is -0.343 e. The van der Waals surface area contributed by atoms with Crippen LogP contribution in [0.15, 0.2) is 100 Å². The summed E-state index contributed by atoms with van der Waals surface area (Å²) in [5.74, 6) is -1.97. The van der Waals surface area contributed by atoms with Gasteiger partial charge >= 0.3 is 5.97 Å². The van der Waals surface area contributed by atoms with Crippen molar-refractivity contribution in [3.8, 4) is 0 Å². The van der Waals surface area contributed by atoms with Gasteiger partial charge in [-0.25, -0.2) is 15.3 Å². The van der Waals surface area contributed by atoms with Crippen molar-refractivity contribution in [3.63, 3.8) is 0 Å². The number of amides is 2. The van der Waals surface area contributed by atoms with Crippen molar-refractivity contribution in [2.75, 3.05) is 29.5 Å². The standard InChI is InChI=1S/C45H51N3O16S4/c1-44(2)35-28-32(66-64-62-53)16-18-37(35)47(25-26-65-63-61-52)40(44)21-15-31(34-12-7-5-10-30(34)11-6-8-13-43(51)60-48-41(49)22-23-42(48)50)14-20-39-45(3,4)36-29-33(68(57,58)59)17-19-38(36)46(39)24-9-27-67(54,55)56/h5,7,10,12,14-21,28-29H,6,8-9,11,13,22-27H2,1-4H3,(H3-,52,53,54,55,56,57,58,59)/p+1. The Labute approximate surface area is 402 Å². The molecule has 4 N–H and O–H groups in total. The predicted molar refractivity (Wildman–Crippen MR) is 251 cm³/mol. The molecule has 0 aliphatic carbocycles. The number of hydroxylamine groups is 2. The SMILES string of the molecule is CC1(C)C(/C=C/C(=C/C=C2/N(CCSOOO)c3ccc(SOOO)cc3C2(C)C)c2ccccc2CCCCC(=O)ON2C(=O)CCC2=O)=[N+](CCCS(=O)(=O)O)c2ccc(S(=O)(=O)O)cc21. The molecule has 68 heavy (non-hydrogen) atoms. The van der Waals surface area contributed by atoms with E-state index in [-0.39, 0.29) is 37.1 Å². The van der Waals surface area contributed by atoms with E-state index in [0.717, 1.165) is 57.7 Å². The molecule has 0 saturated carbocycles. The molecule has 19 nitrogen and oxygen atoms in total. The van der Waals surface area contributed by atoms with Crippen LogP contribution in [-0.2, 0) is 75.5 Å². The number of hydrogen-bond donors (Lipinski definition) is 4. The van der Waals surface area contributed by atoms with Gasteiger partial charge in [0.05, 0.1) is 28.1 Å². The van der Waals surface area contributed by atoms with Gasteiger partial charge in [0, 0.05) is 89.4 Å². The first-order chi connectivity index (χ1) is 32.2. The molecule has 3 aromatic carbocycles. The van der Waals surface area contributed by atoms with Crippen molar-refractivity contribution in [2.24, 2.45) is 0 Å². The Morgan fingerprint density at radius 1 is 0.868 bits per heavy atom. The zero-order valence-electron chi connectivity index (χ0n) is 37.5. The van der Waals surface area contributed by atoms with Crippen LogP contribution in [0.2, 0.25) is 0 Å². The average molecular weight is 1020 g/mol. The van der Waals surface area contributed by atoms with Crippen molar-refractivity contribution >= 4 is 84.8 Å². The highest BCUT2D eigenvalue weighted by atomic mass is 32.2. The Balaban J connectivity index is 1.44. The molecule has 6 rings (SSSR count). The third-order valence-electron chi connectivity index (χ3n) is 11.9. The van der Waals surface area contributed by atoms with Gasteiger partial charge in [-0.2, -0.15) is 21.4 Å². The van der Waals surface area contributed by atoms with Crippen LogP contribution in [0, 0.1) is 0 Å². The fourth-order valence-corrected chi connectivity index (χ4v) is 10.4. The monoisotopic (exact) mass is 1020 g/mol. The van der Waals surface area contributed by atoms with Gasteiger partial charge in [-0.1, -0.05) is 54.3 Å². The Morgan fingerprint density at radius 3 is 2.28 bits per heavy atom. The van der Waals surface area contributed by atoms with Crippen LogP contribution in [0.1, 0.15) is 88.5 Å². The van der Waals surface area contributed by atoms with Crippen molar-refractivity contribution < 1.29 is 79.0 Å². The maximum absolute atomic E-state index is 12.6. The molecule has 23 heteroatoms. The van der Waals surface area contributed by atoms with E-state index < -0.39 is 54.6 Å². The summed E-state index contributed by atoms with van der Waals surface area (Å²) in [6, 6.07) is 17.5. The minimum atomic E-state index is -4.58. The highest BCUT2D eigenvalue weighted by Crippen LogP contribution is 2.49. The summed E-state index contributed by atoms with van der Waals surface area (Å²) in [6.07, 6.45) is 9.12. The molecule has 0 bridgehead atoms. The van der Waals surface area contributed by atoms with Gasteiger partial charge in [-0.3, -0.25) is 18.7 Å². The number of hydrogen-bond acceptors (Lipinski definition) is 17. The van der Waals surface area contributed by atoms with Gasteiger partial charge in [0.1, 0.15) is 6.54 Å². The van der Waals surface area contributed by atoms with Crippen LogP contribution >= 0.6 is 24.1 Å². The van der Waals surface area contributed by atoms with E-state index in [1.54, 1.807) is 12.1 Å². The normalized spacial score (nSPS) is 17.5. The number of fused-ring (bicyclic) bond motifs is 2. The number of nitrogens with zero attached hydrogens (tertiary/aromatic N) is 3. The first-order valence-electron chi connectivity index (χ1n) is 21.3. The molecule has 1 fully saturated rings. The van der Waals surface area contributed by atoms with E-state index in [2.05, 4.69) is 19.3 Å². The van der Waals surface area contributed by atoms with Gasteiger partial charge in [0.2, 0.25) is 5.69 Å². The number of carbonyl (C=O) groups excluding carboxylic acids is 3. The third kappa shape index (κ3) is 12.5. The van der Waals surface area contributed by atoms with Gasteiger partial charge in [-0.15, -0.1) is 13.7 Å². The number of allylic oxidation sites excluding steroid dienone is 6. The lowest BCUT2D eigenvalue weighted by Crippen LogP contribution is -2.31. The summed E-state index contributed by atoms with van der Waals surface area (Å²) < 4.78 is 79.1. The molecular formula is C45H52N3O16S4+. The number of imide groups is 1. The first-order valence-corrected chi connectivity index (χ1v) is 26.0. The van der Waals surface area contributed by atoms with Gasteiger partial charge in [-0.05, 0) is 97.9 Å². The predicted octanol–water partition coefficient (Wildman–Crippen LogP) is 7.73. The second-order valence-electron chi connectivity index (χ2n) is 17.0. The Hall–Kier alpha value is -4.76. The molecule has 0 aromatic heterocycles. The van der Waals surface area contributed by atoms with E-state index in [1.165, 1.54) is 12.1 Å². The summed E-state index contributed by atoms with van der Waals surface area (Å²) in [7, 11) is -8.89. The molecule has 0 spiro atoms. The zero-order chi connectivity index (χ0) is 49.4. The lowest BCUT2D eigenvalue weighted by Gasteiger charge is -2.27. The summed E-state index contributed by atoms with van der Waals surface area (Å²) in [5.41, 5.74) is 5.40. The maximum Gasteiger partial charge on any atom is 0.333 e. The molecule has 0 unspecified atom stereocenters. The quantitative estimate of drug-likeness (QED) is 0.0104. The molecule has 0 radical (unpaired) electrons. The zero-order valence-corrected chi connectivity index (χ0v) is 40.8. The van der Waals surface area contributed by atoms with Crippen LogP contribution in [0.4, 0.5) is 11.4 Å². The van der Waals surface area contributed by atoms with Crippen LogP contribution in [-0.4, -0.2) is 94.2 Å². The molecule has 2 amide bonds. The highest BCUT2D eigenvalue weighted by molar-refractivity contribution is 7.94. The topological polar surface area (TPSA) is 256 Å². The molecule has 3 heterocycles. The van der Waals surface area contributed by atoms with E-state index in [1.807, 2.05) is 93.0 Å². The molecule has 366 valence electrons. The number of carbonyl (C=O) groups is 3. The Kier molecular flexibility index (Phi) is 17.3. The van der Waals surface area contributed by atoms with Crippen molar-refractivity contribution in [1.29, 1.82) is 0 Å². The van der Waals surface area contributed by atoms with Gasteiger partial charge < -0.3 is 9.74 Å². The van der Waals surface area contributed by atoms with E-state index in [9.17, 15) is 40.3 Å². The molecule has 3 aliphatic heterocycles. The molecule has 1 saturated heterocycles. The van der Waals surface area contributed by atoms with Crippen LogP contribution in [0.3, 0.4) is 0 Å². The molecule has 3 aromatic rings. The second-order valence-corrected chi connectivity index (χ2v) is 21.6. The first kappa shape index (κ1) is 52.6. The van der Waals surface area contributed by atoms with Crippen molar-refractivity contribution in [3.05, 3.63) is 113 Å². The van der Waals surface area contributed by atoms with Crippen molar-refractivity contribution in [2.45, 2.75) is 93.3 Å². The number of rotatable bonds is 23. The van der Waals surface area contributed by atoms with Gasteiger partial charge in [0.25, 0.3) is 32.1 Å². The lowest BCUT2D eigenvalue weighted by molar-refractivity contribution is -0.437. The van der Waals surface area contributed by atoms with E-state index in [4.69, 9.17) is 19.7 Å². The average Bonchev–Trinajstić information content (AvgIpc) is 3.79. The van der Waals surface area contributed by atoms with Crippen LogP contribution in [0.5, 0.6) is 0 Å². The molecular weight excluding hydrogens is 967 g/mol. The Bertz CT molecular complexity index is 2750. The minimum absolute atomic E-state index is 0.0120. The summed E-state index contributed by atoms with van der Waals surface area (Å²) in [6.45, 7) is 8.40. The number of aryl methyl sites for hydroxylation is 1. The number of benzene rings is 3. The van der Waals surface area contributed by atoms with Crippen LogP contribution < -0.4 is 4.90 Å². The highest BCUT2D eigenvalue weighted by Gasteiger charge is 2.45. The van der Waals surface area contributed by atoms with E-state index in [0.29, 0.717) is 58.5 Å².